The molecule has 0 bridgehead atoms. The summed E-state index contributed by atoms with van der Waals surface area (Å²) in [5, 5.41) is 14.5. The monoisotopic (exact) mass is 360 g/mol. The second kappa shape index (κ2) is 8.85. The van der Waals surface area contributed by atoms with E-state index in [1.807, 2.05) is 0 Å². The van der Waals surface area contributed by atoms with Crippen LogP contribution in [-0.4, -0.2) is 65.9 Å². The molecule has 0 aliphatic carbocycles. The molecule has 2 N–H and O–H groups in total. The first kappa shape index (κ1) is 20.2. The Hall–Kier alpha value is -2.85. The van der Waals surface area contributed by atoms with Crippen molar-refractivity contribution in [1.82, 2.24) is 5.32 Å². The molecule has 1 heterocycles. The number of rotatable bonds is 5. The van der Waals surface area contributed by atoms with Gasteiger partial charge in [0.15, 0.2) is 18.3 Å². The highest BCUT2D eigenvalue weighted by Crippen LogP contribution is 2.24. The van der Waals surface area contributed by atoms with Crippen LogP contribution in [0.25, 0.3) is 0 Å². The average molecular weight is 360 g/mol. The van der Waals surface area contributed by atoms with Gasteiger partial charge in [0.05, 0.1) is 0 Å². The number of carbonyl (C=O) groups excluding carboxylic acids is 4. The summed E-state index contributed by atoms with van der Waals surface area (Å²) in [6, 6.07) is -1.20. The van der Waals surface area contributed by atoms with E-state index >= 15 is 0 Å². The Balaban J connectivity index is 3.23. The van der Waals surface area contributed by atoms with Gasteiger partial charge in [-0.05, 0) is 0 Å². The quantitative estimate of drug-likeness (QED) is 0.275. The fraction of sp³-hybridized carbons (Fsp3) is 0.643. The van der Waals surface area contributed by atoms with E-state index < -0.39 is 48.2 Å². The Kier molecular flexibility index (Phi) is 7.15. The number of carbonyl (C=O) groups is 4. The lowest BCUT2D eigenvalue weighted by molar-refractivity contribution is -0.186. The molecule has 1 aliphatic heterocycles. The third-order valence-corrected chi connectivity index (χ3v) is 3.07. The molecule has 0 saturated carbocycles. The second-order valence-electron chi connectivity index (χ2n) is 5.22. The van der Waals surface area contributed by atoms with Crippen molar-refractivity contribution in [3.8, 4) is 0 Å². The summed E-state index contributed by atoms with van der Waals surface area (Å²) in [6.45, 7) is 4.22. The Labute approximate surface area is 143 Å². The summed E-state index contributed by atoms with van der Waals surface area (Å²) in [7, 11) is 0. The van der Waals surface area contributed by atoms with Crippen molar-refractivity contribution in [2.24, 2.45) is 5.16 Å². The van der Waals surface area contributed by atoms with Crippen LogP contribution in [-0.2, 0) is 38.1 Å². The number of hydrogen-bond acceptors (Lipinski definition) is 10. The fourth-order valence-electron chi connectivity index (χ4n) is 2.28. The van der Waals surface area contributed by atoms with E-state index in [0.717, 1.165) is 20.8 Å². The minimum Gasteiger partial charge on any atom is -0.466 e. The molecule has 1 amide bonds. The number of amides is 1. The van der Waals surface area contributed by atoms with Gasteiger partial charge >= 0.3 is 17.9 Å². The van der Waals surface area contributed by atoms with Gasteiger partial charge in [-0.3, -0.25) is 19.2 Å². The molecule has 4 atom stereocenters. The van der Waals surface area contributed by atoms with E-state index in [4.69, 9.17) is 24.2 Å². The Morgan fingerprint density at radius 2 is 1.60 bits per heavy atom. The van der Waals surface area contributed by atoms with E-state index in [1.54, 1.807) is 0 Å². The topological polar surface area (TPSA) is 150 Å². The van der Waals surface area contributed by atoms with Crippen molar-refractivity contribution in [1.29, 1.82) is 0 Å². The molecule has 0 radical (unpaired) electrons. The third-order valence-electron chi connectivity index (χ3n) is 3.07. The smallest absolute Gasteiger partial charge is 0.303 e. The second-order valence-corrected chi connectivity index (χ2v) is 5.22. The van der Waals surface area contributed by atoms with Gasteiger partial charge in [-0.15, -0.1) is 0 Å². The minimum absolute atomic E-state index is 0.364. The van der Waals surface area contributed by atoms with Crippen LogP contribution in [0.4, 0.5) is 0 Å². The molecule has 0 aromatic rings. The van der Waals surface area contributed by atoms with Gasteiger partial charge in [0.25, 0.3) is 5.90 Å². The van der Waals surface area contributed by atoms with Gasteiger partial charge in [0.1, 0.15) is 12.6 Å². The van der Waals surface area contributed by atoms with Gasteiger partial charge in [-0.1, -0.05) is 5.16 Å². The molecule has 1 rings (SSSR count). The third kappa shape index (κ3) is 5.94. The van der Waals surface area contributed by atoms with Crippen molar-refractivity contribution in [3.63, 3.8) is 0 Å². The van der Waals surface area contributed by atoms with Crippen LogP contribution in [0.15, 0.2) is 5.16 Å². The van der Waals surface area contributed by atoms with Gasteiger partial charge in [0.2, 0.25) is 5.91 Å². The van der Waals surface area contributed by atoms with Crippen molar-refractivity contribution in [2.45, 2.75) is 52.0 Å². The lowest BCUT2D eigenvalue weighted by Crippen LogP contribution is -2.64. The van der Waals surface area contributed by atoms with Crippen molar-refractivity contribution in [2.75, 3.05) is 6.61 Å². The van der Waals surface area contributed by atoms with Gasteiger partial charge < -0.3 is 29.5 Å². The summed E-state index contributed by atoms with van der Waals surface area (Å²) in [6.07, 6.45) is -3.60. The summed E-state index contributed by atoms with van der Waals surface area (Å²) in [4.78, 5) is 45.3. The maximum atomic E-state index is 11.4. The lowest BCUT2D eigenvalue weighted by atomic mass is 9.96. The van der Waals surface area contributed by atoms with E-state index in [-0.39, 0.29) is 12.5 Å². The predicted octanol–water partition coefficient (Wildman–Crippen LogP) is -0.896. The Morgan fingerprint density at radius 3 is 2.04 bits per heavy atom. The summed E-state index contributed by atoms with van der Waals surface area (Å²) >= 11 is 0. The van der Waals surface area contributed by atoms with Crippen LogP contribution in [0.1, 0.15) is 27.7 Å². The van der Waals surface area contributed by atoms with Crippen molar-refractivity contribution < 1.29 is 43.3 Å². The largest absolute Gasteiger partial charge is 0.466 e. The molecular formula is C14H20N2O9. The first-order valence-corrected chi connectivity index (χ1v) is 7.29. The first-order chi connectivity index (χ1) is 11.6. The van der Waals surface area contributed by atoms with Gasteiger partial charge in [-0.25, -0.2) is 0 Å². The van der Waals surface area contributed by atoms with E-state index in [2.05, 4.69) is 10.5 Å². The molecule has 0 spiro atoms. The standard InChI is InChI=1S/C14H20N2O9/c1-6(17)15-11-13(24-9(4)20)12(23-8(3)19)10(5-22-7(2)18)25-14(11)16-21/h10-13,21H,5H2,1-4H3,(H,15,17)/t10-,11-,12-,13-/m1/s1. The highest BCUT2D eigenvalue weighted by molar-refractivity contribution is 5.88. The fourth-order valence-corrected chi connectivity index (χ4v) is 2.28. The molecule has 140 valence electrons. The normalized spacial score (nSPS) is 27.0. The number of nitrogens with one attached hydrogen (secondary N) is 1. The summed E-state index contributed by atoms with van der Waals surface area (Å²) < 4.78 is 20.5. The first-order valence-electron chi connectivity index (χ1n) is 7.29. The van der Waals surface area contributed by atoms with Crippen LogP contribution >= 0.6 is 0 Å². The SMILES string of the molecule is CC(=O)N[C@H]1C(=NO)O[C@H](COC(C)=O)[C@@H](OC(C)=O)[C@@H]1OC(C)=O. The minimum atomic E-state index is -1.26. The van der Waals surface area contributed by atoms with Crippen LogP contribution < -0.4 is 5.32 Å². The number of nitrogens with zero attached hydrogens (tertiary/aromatic N) is 1. The highest BCUT2D eigenvalue weighted by Gasteiger charge is 2.50. The van der Waals surface area contributed by atoms with Crippen LogP contribution in [0.5, 0.6) is 0 Å². The molecule has 25 heavy (non-hydrogen) atoms. The summed E-state index contributed by atoms with van der Waals surface area (Å²) in [5.41, 5.74) is 0. The number of ether oxygens (including phenoxy) is 4. The van der Waals surface area contributed by atoms with Gasteiger partial charge in [-0.2, -0.15) is 0 Å². The van der Waals surface area contributed by atoms with Crippen LogP contribution in [0, 0.1) is 0 Å². The number of oxime groups is 1. The Morgan fingerprint density at radius 1 is 1.04 bits per heavy atom. The van der Waals surface area contributed by atoms with Crippen LogP contribution in [0.3, 0.4) is 0 Å². The number of esters is 3. The highest BCUT2D eigenvalue weighted by atomic mass is 16.6. The lowest BCUT2D eigenvalue weighted by Gasteiger charge is -2.41. The zero-order chi connectivity index (χ0) is 19.1. The number of hydrogen-bond donors (Lipinski definition) is 2. The van der Waals surface area contributed by atoms with E-state index in [0.29, 0.717) is 0 Å². The van der Waals surface area contributed by atoms with Crippen molar-refractivity contribution >= 4 is 29.7 Å². The zero-order valence-electron chi connectivity index (χ0n) is 14.2. The van der Waals surface area contributed by atoms with E-state index in [1.165, 1.54) is 6.92 Å². The van der Waals surface area contributed by atoms with E-state index in [9.17, 15) is 19.2 Å². The maximum Gasteiger partial charge on any atom is 0.303 e. The summed E-state index contributed by atoms with van der Waals surface area (Å²) in [5.74, 6) is -3.00. The maximum absolute atomic E-state index is 11.4. The van der Waals surface area contributed by atoms with Crippen molar-refractivity contribution in [3.05, 3.63) is 0 Å². The molecule has 1 fully saturated rings. The average Bonchev–Trinajstić information content (AvgIpc) is 2.48. The predicted molar refractivity (Wildman–Crippen MR) is 79.4 cm³/mol. The Bertz CT molecular complexity index is 575. The molecule has 11 nitrogen and oxygen atoms in total. The molecule has 0 aromatic heterocycles. The zero-order valence-corrected chi connectivity index (χ0v) is 14.2. The molecule has 1 aliphatic rings. The van der Waals surface area contributed by atoms with Gasteiger partial charge in [0, 0.05) is 27.7 Å². The van der Waals surface area contributed by atoms with Crippen LogP contribution in [0.2, 0.25) is 0 Å². The molecule has 11 heteroatoms. The molecule has 1 saturated heterocycles. The molecular weight excluding hydrogens is 340 g/mol. The molecule has 0 unspecified atom stereocenters. The molecule has 0 aromatic carbocycles.